The molecule has 1 fully saturated rings. The summed E-state index contributed by atoms with van der Waals surface area (Å²) in [5, 5.41) is 10.9. The molecular formula is C14H21ClN2O. The minimum Gasteiger partial charge on any atom is -0.387 e. The minimum absolute atomic E-state index is 0.494. The highest BCUT2D eigenvalue weighted by Gasteiger charge is 2.19. The van der Waals surface area contributed by atoms with Crippen molar-refractivity contribution in [3.63, 3.8) is 0 Å². The number of β-amino-alcohol motifs (C(OH)–C–C–N with tert-alkyl or cyclic N) is 1. The first-order valence-corrected chi connectivity index (χ1v) is 6.95. The van der Waals surface area contributed by atoms with Gasteiger partial charge in [-0.15, -0.1) is 0 Å². The summed E-state index contributed by atoms with van der Waals surface area (Å²) in [7, 11) is 0. The van der Waals surface area contributed by atoms with Crippen LogP contribution >= 0.6 is 11.6 Å². The van der Waals surface area contributed by atoms with Crippen molar-refractivity contribution in [2.45, 2.75) is 13.0 Å². The summed E-state index contributed by atoms with van der Waals surface area (Å²) < 4.78 is 0. The number of hydrogen-bond donors (Lipinski definition) is 1. The molecule has 0 spiro atoms. The van der Waals surface area contributed by atoms with E-state index in [9.17, 15) is 5.11 Å². The molecule has 4 heteroatoms. The first-order valence-electron chi connectivity index (χ1n) is 6.58. The van der Waals surface area contributed by atoms with Gasteiger partial charge >= 0.3 is 0 Å². The van der Waals surface area contributed by atoms with Crippen LogP contribution in [0.2, 0.25) is 5.02 Å². The Morgan fingerprint density at radius 2 is 1.78 bits per heavy atom. The summed E-state index contributed by atoms with van der Waals surface area (Å²) in [4.78, 5) is 4.73. The fourth-order valence-corrected chi connectivity index (χ4v) is 2.64. The van der Waals surface area contributed by atoms with Crippen LogP contribution in [0.4, 0.5) is 0 Å². The van der Waals surface area contributed by atoms with Gasteiger partial charge in [-0.2, -0.15) is 0 Å². The molecule has 3 nitrogen and oxygen atoms in total. The maximum atomic E-state index is 10.2. The van der Waals surface area contributed by atoms with Crippen molar-refractivity contribution in [2.75, 3.05) is 39.3 Å². The van der Waals surface area contributed by atoms with Gasteiger partial charge < -0.3 is 10.0 Å². The highest BCUT2D eigenvalue weighted by atomic mass is 35.5. The van der Waals surface area contributed by atoms with Crippen molar-refractivity contribution in [3.8, 4) is 0 Å². The van der Waals surface area contributed by atoms with Crippen molar-refractivity contribution < 1.29 is 5.11 Å². The van der Waals surface area contributed by atoms with Gasteiger partial charge in [0.05, 0.1) is 6.10 Å². The lowest BCUT2D eigenvalue weighted by Crippen LogP contribution is -2.47. The van der Waals surface area contributed by atoms with Crippen LogP contribution < -0.4 is 0 Å². The van der Waals surface area contributed by atoms with E-state index in [0.717, 1.165) is 38.3 Å². The van der Waals surface area contributed by atoms with Crippen molar-refractivity contribution in [1.29, 1.82) is 0 Å². The molecule has 1 atom stereocenters. The quantitative estimate of drug-likeness (QED) is 0.905. The van der Waals surface area contributed by atoms with Gasteiger partial charge in [0, 0.05) is 43.3 Å². The molecule has 1 aliphatic rings. The van der Waals surface area contributed by atoms with E-state index in [4.69, 9.17) is 11.6 Å². The summed E-state index contributed by atoms with van der Waals surface area (Å²) >= 11 is 6.10. The molecule has 0 saturated carbocycles. The smallest absolute Gasteiger partial charge is 0.0931 e. The number of rotatable bonds is 4. The van der Waals surface area contributed by atoms with E-state index in [2.05, 4.69) is 16.7 Å². The van der Waals surface area contributed by atoms with E-state index in [-0.39, 0.29) is 0 Å². The van der Waals surface area contributed by atoms with E-state index in [1.54, 1.807) is 0 Å². The van der Waals surface area contributed by atoms with Gasteiger partial charge in [0.1, 0.15) is 0 Å². The van der Waals surface area contributed by atoms with Gasteiger partial charge in [0.25, 0.3) is 0 Å². The van der Waals surface area contributed by atoms with Gasteiger partial charge in [-0.3, -0.25) is 4.90 Å². The van der Waals surface area contributed by atoms with Gasteiger partial charge in [-0.1, -0.05) is 36.7 Å². The Hall–Kier alpha value is -0.610. The number of aliphatic hydroxyl groups excluding tert-OH is 1. The van der Waals surface area contributed by atoms with Crippen LogP contribution in [0.3, 0.4) is 0 Å². The second kappa shape index (κ2) is 6.53. The molecule has 1 heterocycles. The monoisotopic (exact) mass is 268 g/mol. The van der Waals surface area contributed by atoms with E-state index in [1.807, 2.05) is 24.3 Å². The van der Waals surface area contributed by atoms with E-state index >= 15 is 0 Å². The number of benzene rings is 1. The maximum absolute atomic E-state index is 10.2. The highest BCUT2D eigenvalue weighted by molar-refractivity contribution is 6.31. The summed E-state index contributed by atoms with van der Waals surface area (Å²) in [6, 6.07) is 7.53. The molecule has 1 aliphatic heterocycles. The van der Waals surface area contributed by atoms with Crippen LogP contribution in [-0.4, -0.2) is 54.2 Å². The number of nitrogens with zero attached hydrogens (tertiary/aromatic N) is 2. The summed E-state index contributed by atoms with van der Waals surface area (Å²) in [6.45, 7) is 8.19. The van der Waals surface area contributed by atoms with E-state index in [1.165, 1.54) is 0 Å². The summed E-state index contributed by atoms with van der Waals surface area (Å²) in [6.07, 6.45) is -0.494. The van der Waals surface area contributed by atoms with Gasteiger partial charge in [-0.05, 0) is 12.6 Å². The predicted molar refractivity (Wildman–Crippen MR) is 75.0 cm³/mol. The third-order valence-corrected chi connectivity index (χ3v) is 3.95. The third kappa shape index (κ3) is 3.45. The summed E-state index contributed by atoms with van der Waals surface area (Å²) in [5.41, 5.74) is 0.831. The standard InChI is InChI=1S/C14H21ClN2O/c1-2-16-7-9-17(10-8-16)11-14(18)12-5-3-4-6-13(12)15/h3-6,14,18H,2,7-11H2,1H3. The minimum atomic E-state index is -0.494. The topological polar surface area (TPSA) is 26.7 Å². The Morgan fingerprint density at radius 3 is 2.39 bits per heavy atom. The first kappa shape index (κ1) is 13.8. The molecule has 0 aromatic heterocycles. The Kier molecular flexibility index (Phi) is 5.01. The van der Waals surface area contributed by atoms with Crippen molar-refractivity contribution in [1.82, 2.24) is 9.80 Å². The van der Waals surface area contributed by atoms with Gasteiger partial charge in [-0.25, -0.2) is 0 Å². The third-order valence-electron chi connectivity index (χ3n) is 3.61. The number of hydrogen-bond acceptors (Lipinski definition) is 3. The normalized spacial score (nSPS) is 19.9. The summed E-state index contributed by atoms with van der Waals surface area (Å²) in [5.74, 6) is 0. The molecule has 0 aliphatic carbocycles. The van der Waals surface area contributed by atoms with Crippen molar-refractivity contribution in [3.05, 3.63) is 34.9 Å². The second-order valence-electron chi connectivity index (χ2n) is 4.77. The molecule has 100 valence electrons. The Morgan fingerprint density at radius 1 is 1.17 bits per heavy atom. The fourth-order valence-electron chi connectivity index (χ4n) is 2.38. The maximum Gasteiger partial charge on any atom is 0.0931 e. The average molecular weight is 269 g/mol. The van der Waals surface area contributed by atoms with Crippen LogP contribution in [0, 0.1) is 0 Å². The van der Waals surface area contributed by atoms with E-state index in [0.29, 0.717) is 11.6 Å². The fraction of sp³-hybridized carbons (Fsp3) is 0.571. The molecular weight excluding hydrogens is 248 g/mol. The van der Waals surface area contributed by atoms with Crippen LogP contribution in [0.15, 0.2) is 24.3 Å². The number of aliphatic hydroxyl groups is 1. The largest absolute Gasteiger partial charge is 0.387 e. The molecule has 18 heavy (non-hydrogen) atoms. The second-order valence-corrected chi connectivity index (χ2v) is 5.18. The zero-order chi connectivity index (χ0) is 13.0. The van der Waals surface area contributed by atoms with E-state index < -0.39 is 6.10 Å². The zero-order valence-corrected chi connectivity index (χ0v) is 11.6. The molecule has 1 aromatic rings. The number of halogens is 1. The van der Waals surface area contributed by atoms with Gasteiger partial charge in [0.2, 0.25) is 0 Å². The molecule has 0 bridgehead atoms. The van der Waals surface area contributed by atoms with Crippen LogP contribution in [0.1, 0.15) is 18.6 Å². The lowest BCUT2D eigenvalue weighted by Gasteiger charge is -2.35. The van der Waals surface area contributed by atoms with Crippen LogP contribution in [0.5, 0.6) is 0 Å². The Labute approximate surface area is 114 Å². The van der Waals surface area contributed by atoms with Crippen molar-refractivity contribution >= 4 is 11.6 Å². The van der Waals surface area contributed by atoms with Gasteiger partial charge in [0.15, 0.2) is 0 Å². The Bertz CT molecular complexity index is 378. The number of likely N-dealkylation sites (N-methyl/N-ethyl adjacent to an activating group) is 1. The number of piperazine rings is 1. The molecule has 0 amide bonds. The zero-order valence-electron chi connectivity index (χ0n) is 10.8. The molecule has 1 aromatic carbocycles. The Balaban J connectivity index is 1.89. The lowest BCUT2D eigenvalue weighted by molar-refractivity contribution is 0.0744. The lowest BCUT2D eigenvalue weighted by atomic mass is 10.1. The van der Waals surface area contributed by atoms with Crippen molar-refractivity contribution in [2.24, 2.45) is 0 Å². The molecule has 2 rings (SSSR count). The van der Waals surface area contributed by atoms with Crippen LogP contribution in [-0.2, 0) is 0 Å². The highest BCUT2D eigenvalue weighted by Crippen LogP contribution is 2.23. The molecule has 1 N–H and O–H groups in total. The average Bonchev–Trinajstić information content (AvgIpc) is 2.40. The van der Waals surface area contributed by atoms with Crippen LogP contribution in [0.25, 0.3) is 0 Å². The molecule has 1 saturated heterocycles. The SMILES string of the molecule is CCN1CCN(CC(O)c2ccccc2Cl)CC1. The molecule has 0 radical (unpaired) electrons. The first-order chi connectivity index (χ1) is 8.70. The predicted octanol–water partition coefficient (Wildman–Crippen LogP) is 2.01. The molecule has 1 unspecified atom stereocenters.